The van der Waals surface area contributed by atoms with E-state index in [1.54, 1.807) is 31.2 Å². The average Bonchev–Trinajstić information content (AvgIpc) is 3.08. The molecule has 0 fully saturated rings. The Morgan fingerprint density at radius 1 is 1.00 bits per heavy atom. The lowest BCUT2D eigenvalue weighted by Gasteiger charge is -2.14. The van der Waals surface area contributed by atoms with Gasteiger partial charge in [-0.25, -0.2) is 0 Å². The Morgan fingerprint density at radius 3 is 2.43 bits per heavy atom. The van der Waals surface area contributed by atoms with Gasteiger partial charge in [0.15, 0.2) is 17.3 Å². The molecule has 2 N–H and O–H groups in total. The van der Waals surface area contributed by atoms with E-state index in [-0.39, 0.29) is 5.76 Å². The Labute approximate surface area is 175 Å². The second-order valence-corrected chi connectivity index (χ2v) is 7.26. The van der Waals surface area contributed by atoms with Gasteiger partial charge in [-0.3, -0.25) is 20.4 Å². The molecule has 0 aliphatic carbocycles. The third-order valence-electron chi connectivity index (χ3n) is 4.42. The van der Waals surface area contributed by atoms with Crippen LogP contribution in [0, 0.1) is 12.8 Å². The summed E-state index contributed by atoms with van der Waals surface area (Å²) in [6, 6.07) is 12.3. The molecule has 2 amide bonds. The van der Waals surface area contributed by atoms with E-state index in [0.29, 0.717) is 47.3 Å². The molecule has 0 aliphatic heterocycles. The fourth-order valence-electron chi connectivity index (χ4n) is 2.93. The fraction of sp³-hybridized carbons (Fsp3) is 0.304. The van der Waals surface area contributed by atoms with Gasteiger partial charge in [0.1, 0.15) is 5.58 Å². The van der Waals surface area contributed by atoms with Gasteiger partial charge in [-0.15, -0.1) is 0 Å². The van der Waals surface area contributed by atoms with Crippen LogP contribution in [0.4, 0.5) is 0 Å². The van der Waals surface area contributed by atoms with Crippen LogP contribution >= 0.6 is 0 Å². The van der Waals surface area contributed by atoms with Crippen LogP contribution in [-0.4, -0.2) is 25.0 Å². The summed E-state index contributed by atoms with van der Waals surface area (Å²) in [5, 5.41) is 0.854. The molecule has 0 saturated carbocycles. The number of carbonyl (C=O) groups excluding carboxylic acids is 2. The van der Waals surface area contributed by atoms with Crippen molar-refractivity contribution in [1.82, 2.24) is 10.9 Å². The molecule has 0 aliphatic rings. The number of hydrogen-bond acceptors (Lipinski definition) is 5. The summed E-state index contributed by atoms with van der Waals surface area (Å²) in [4.78, 5) is 25.0. The van der Waals surface area contributed by atoms with Crippen molar-refractivity contribution in [3.8, 4) is 11.5 Å². The summed E-state index contributed by atoms with van der Waals surface area (Å²) in [5.41, 5.74) is 6.47. The molecule has 2 aromatic carbocycles. The Balaban J connectivity index is 1.69. The van der Waals surface area contributed by atoms with Gasteiger partial charge in [-0.1, -0.05) is 32.0 Å². The second kappa shape index (κ2) is 9.35. The van der Waals surface area contributed by atoms with Crippen molar-refractivity contribution in [2.75, 3.05) is 13.2 Å². The third-order valence-corrected chi connectivity index (χ3v) is 4.42. The molecule has 0 radical (unpaired) electrons. The zero-order valence-electron chi connectivity index (χ0n) is 17.6. The highest BCUT2D eigenvalue weighted by atomic mass is 16.5. The van der Waals surface area contributed by atoms with Crippen molar-refractivity contribution in [2.24, 2.45) is 5.92 Å². The molecule has 158 valence electrons. The quantitative estimate of drug-likeness (QED) is 0.569. The first kappa shape index (κ1) is 21.2. The van der Waals surface area contributed by atoms with Gasteiger partial charge in [0.25, 0.3) is 5.91 Å². The molecule has 0 atom stereocenters. The van der Waals surface area contributed by atoms with Crippen LogP contribution in [0.1, 0.15) is 47.2 Å². The summed E-state index contributed by atoms with van der Waals surface area (Å²) in [7, 11) is 0. The summed E-state index contributed by atoms with van der Waals surface area (Å²) >= 11 is 0. The normalized spacial score (nSPS) is 10.8. The van der Waals surface area contributed by atoms with Gasteiger partial charge >= 0.3 is 5.91 Å². The summed E-state index contributed by atoms with van der Waals surface area (Å²) in [5.74, 6) is 0.560. The number of carbonyl (C=O) groups is 2. The lowest BCUT2D eigenvalue weighted by Crippen LogP contribution is -2.41. The van der Waals surface area contributed by atoms with E-state index in [0.717, 1.165) is 5.39 Å². The summed E-state index contributed by atoms with van der Waals surface area (Å²) < 4.78 is 17.0. The van der Waals surface area contributed by atoms with Crippen molar-refractivity contribution in [3.05, 3.63) is 59.4 Å². The minimum atomic E-state index is -0.529. The zero-order chi connectivity index (χ0) is 21.7. The van der Waals surface area contributed by atoms with Gasteiger partial charge in [-0.05, 0) is 44.0 Å². The number of amides is 2. The average molecular weight is 410 g/mol. The number of rotatable bonds is 7. The molecule has 0 spiro atoms. The van der Waals surface area contributed by atoms with Crippen molar-refractivity contribution in [3.63, 3.8) is 0 Å². The molecule has 0 bridgehead atoms. The van der Waals surface area contributed by atoms with Crippen LogP contribution in [0.5, 0.6) is 11.5 Å². The lowest BCUT2D eigenvalue weighted by molar-refractivity contribution is 0.0831. The van der Waals surface area contributed by atoms with Gasteiger partial charge in [0, 0.05) is 16.5 Å². The number of fused-ring (bicyclic) bond motifs is 1. The van der Waals surface area contributed by atoms with E-state index >= 15 is 0 Å². The standard InChI is InChI=1S/C23H26N2O5/c1-5-28-20-12-16(10-11-19(20)29-13-14(2)3)22(26)24-25-23(27)21-15(4)17-8-6-7-9-18(17)30-21/h6-12,14H,5,13H2,1-4H3,(H,24,26)(H,25,27). The monoisotopic (exact) mass is 410 g/mol. The van der Waals surface area contributed by atoms with Gasteiger partial charge in [0.2, 0.25) is 0 Å². The third kappa shape index (κ3) is 4.74. The van der Waals surface area contributed by atoms with E-state index in [1.165, 1.54) is 0 Å². The number of hydrogen-bond donors (Lipinski definition) is 2. The molecule has 7 nitrogen and oxygen atoms in total. The lowest BCUT2D eigenvalue weighted by atomic mass is 10.1. The Hall–Kier alpha value is -3.48. The first-order valence-electron chi connectivity index (χ1n) is 9.89. The Kier molecular flexibility index (Phi) is 6.61. The van der Waals surface area contributed by atoms with Gasteiger partial charge < -0.3 is 13.9 Å². The Bertz CT molecular complexity index is 1050. The molecular weight excluding hydrogens is 384 g/mol. The maximum atomic E-state index is 12.5. The van der Waals surface area contributed by atoms with Crippen LogP contribution in [0.15, 0.2) is 46.9 Å². The van der Waals surface area contributed by atoms with Crippen molar-refractivity contribution >= 4 is 22.8 Å². The highest BCUT2D eigenvalue weighted by molar-refractivity contribution is 6.01. The topological polar surface area (TPSA) is 89.8 Å². The second-order valence-electron chi connectivity index (χ2n) is 7.26. The first-order chi connectivity index (χ1) is 14.4. The molecule has 3 aromatic rings. The predicted octanol–water partition coefficient (Wildman–Crippen LogP) is 4.25. The molecule has 1 heterocycles. The molecule has 1 aromatic heterocycles. The summed E-state index contributed by atoms with van der Waals surface area (Å²) in [6.07, 6.45) is 0. The van der Waals surface area contributed by atoms with Crippen LogP contribution in [0.3, 0.4) is 0 Å². The largest absolute Gasteiger partial charge is 0.490 e. The van der Waals surface area contributed by atoms with Crippen molar-refractivity contribution in [2.45, 2.75) is 27.7 Å². The first-order valence-corrected chi connectivity index (χ1v) is 9.89. The SMILES string of the molecule is CCOc1cc(C(=O)NNC(=O)c2oc3ccccc3c2C)ccc1OCC(C)C. The van der Waals surface area contributed by atoms with Crippen LogP contribution in [-0.2, 0) is 0 Å². The maximum Gasteiger partial charge on any atom is 0.305 e. The van der Waals surface area contributed by atoms with Crippen LogP contribution in [0.25, 0.3) is 11.0 Å². The number of ether oxygens (including phenoxy) is 2. The fourth-order valence-corrected chi connectivity index (χ4v) is 2.93. The number of nitrogens with one attached hydrogen (secondary N) is 2. The number of hydrazine groups is 1. The number of para-hydroxylation sites is 1. The zero-order valence-corrected chi connectivity index (χ0v) is 17.6. The van der Waals surface area contributed by atoms with Gasteiger partial charge in [0.05, 0.1) is 13.2 Å². The Morgan fingerprint density at radius 2 is 1.73 bits per heavy atom. The molecule has 7 heteroatoms. The molecule has 3 rings (SSSR count). The van der Waals surface area contributed by atoms with Crippen molar-refractivity contribution < 1.29 is 23.5 Å². The van der Waals surface area contributed by atoms with E-state index in [4.69, 9.17) is 13.9 Å². The minimum absolute atomic E-state index is 0.156. The molecular formula is C23H26N2O5. The van der Waals surface area contributed by atoms with Gasteiger partial charge in [-0.2, -0.15) is 0 Å². The highest BCUT2D eigenvalue weighted by Gasteiger charge is 2.19. The predicted molar refractivity (Wildman–Crippen MR) is 114 cm³/mol. The number of furan rings is 1. The molecule has 0 saturated heterocycles. The number of aryl methyl sites for hydroxylation is 1. The van der Waals surface area contributed by atoms with Crippen molar-refractivity contribution in [1.29, 1.82) is 0 Å². The van der Waals surface area contributed by atoms with Crippen LogP contribution < -0.4 is 20.3 Å². The van der Waals surface area contributed by atoms with E-state index < -0.39 is 11.8 Å². The smallest absolute Gasteiger partial charge is 0.305 e. The minimum Gasteiger partial charge on any atom is -0.490 e. The number of benzene rings is 2. The van der Waals surface area contributed by atoms with Crippen LogP contribution in [0.2, 0.25) is 0 Å². The van der Waals surface area contributed by atoms with E-state index in [2.05, 4.69) is 24.7 Å². The highest BCUT2D eigenvalue weighted by Crippen LogP contribution is 2.29. The van der Waals surface area contributed by atoms with E-state index in [9.17, 15) is 9.59 Å². The van der Waals surface area contributed by atoms with E-state index in [1.807, 2.05) is 25.1 Å². The maximum absolute atomic E-state index is 12.5. The summed E-state index contributed by atoms with van der Waals surface area (Å²) in [6.45, 7) is 8.73. The molecule has 0 unspecified atom stereocenters. The molecule has 30 heavy (non-hydrogen) atoms.